The highest BCUT2D eigenvalue weighted by Crippen LogP contribution is 2.20. The van der Waals surface area contributed by atoms with Crippen molar-refractivity contribution in [2.45, 2.75) is 19.6 Å². The van der Waals surface area contributed by atoms with Gasteiger partial charge in [-0.2, -0.15) is 5.10 Å². The molecule has 0 amide bonds. The zero-order valence-electron chi connectivity index (χ0n) is 8.70. The van der Waals surface area contributed by atoms with E-state index in [2.05, 4.69) is 5.10 Å². The molecule has 0 fully saturated rings. The van der Waals surface area contributed by atoms with Crippen molar-refractivity contribution < 1.29 is 10.0 Å². The van der Waals surface area contributed by atoms with Crippen LogP contribution in [-0.2, 0) is 6.54 Å². The van der Waals surface area contributed by atoms with Gasteiger partial charge in [0.25, 0.3) is 5.69 Å². The van der Waals surface area contributed by atoms with Gasteiger partial charge in [-0.1, -0.05) is 0 Å². The van der Waals surface area contributed by atoms with Gasteiger partial charge in [-0.05, 0) is 13.0 Å². The van der Waals surface area contributed by atoms with Gasteiger partial charge < -0.3 is 5.11 Å². The molecule has 0 aliphatic carbocycles. The van der Waals surface area contributed by atoms with Crippen molar-refractivity contribution in [2.75, 3.05) is 0 Å². The predicted octanol–water partition coefficient (Wildman–Crippen LogP) is 1.33. The van der Waals surface area contributed by atoms with Gasteiger partial charge in [-0.25, -0.2) is 0 Å². The Morgan fingerprint density at radius 1 is 1.62 bits per heavy atom. The maximum absolute atomic E-state index is 10.6. The molecule has 0 unspecified atom stereocenters. The van der Waals surface area contributed by atoms with Gasteiger partial charge in [0.05, 0.1) is 29.3 Å². The van der Waals surface area contributed by atoms with E-state index in [0.29, 0.717) is 12.1 Å². The number of benzene rings is 1. The van der Waals surface area contributed by atoms with Crippen molar-refractivity contribution in [3.63, 3.8) is 0 Å². The molecule has 6 heteroatoms. The first-order valence-corrected chi connectivity index (χ1v) is 4.86. The molecule has 2 aromatic rings. The number of hydrogen-bond donors (Lipinski definition) is 1. The van der Waals surface area contributed by atoms with E-state index >= 15 is 0 Å². The molecule has 6 nitrogen and oxygen atoms in total. The number of nitro groups is 1. The lowest BCUT2D eigenvalue weighted by Gasteiger charge is -2.05. The summed E-state index contributed by atoms with van der Waals surface area (Å²) in [6.45, 7) is 1.97. The third kappa shape index (κ3) is 1.87. The highest BCUT2D eigenvalue weighted by molar-refractivity contribution is 5.80. The summed E-state index contributed by atoms with van der Waals surface area (Å²) in [6, 6.07) is 4.56. The molecule has 84 valence electrons. The fraction of sp³-hybridized carbons (Fsp3) is 0.300. The van der Waals surface area contributed by atoms with E-state index in [1.54, 1.807) is 23.9 Å². The van der Waals surface area contributed by atoms with Crippen LogP contribution in [0.2, 0.25) is 0 Å². The molecular formula is C10H11N3O3. The van der Waals surface area contributed by atoms with Crippen LogP contribution in [0.15, 0.2) is 24.4 Å². The van der Waals surface area contributed by atoms with Crippen LogP contribution >= 0.6 is 0 Å². The van der Waals surface area contributed by atoms with Crippen LogP contribution in [0.4, 0.5) is 5.69 Å². The zero-order chi connectivity index (χ0) is 11.7. The van der Waals surface area contributed by atoms with E-state index in [1.807, 2.05) is 0 Å². The van der Waals surface area contributed by atoms with E-state index in [0.717, 1.165) is 5.39 Å². The standard InChI is InChI=1S/C10H11N3O3/c1-7(14)6-12-10-4-9(13(15)16)3-2-8(10)5-11-12/h2-5,7,14H,6H2,1H3/t7-/m0/s1. The second kappa shape index (κ2) is 3.90. The molecule has 0 aliphatic rings. The summed E-state index contributed by atoms with van der Waals surface area (Å²) < 4.78 is 1.56. The number of nitro benzene ring substituents is 1. The summed E-state index contributed by atoms with van der Waals surface area (Å²) in [5.74, 6) is 0. The molecule has 1 atom stereocenters. The smallest absolute Gasteiger partial charge is 0.271 e. The van der Waals surface area contributed by atoms with Crippen LogP contribution in [0.5, 0.6) is 0 Å². The lowest BCUT2D eigenvalue weighted by atomic mass is 10.2. The summed E-state index contributed by atoms with van der Waals surface area (Å²) in [4.78, 5) is 10.2. The Labute approximate surface area is 91.3 Å². The molecule has 1 aromatic carbocycles. The van der Waals surface area contributed by atoms with Gasteiger partial charge in [0, 0.05) is 17.5 Å². The zero-order valence-corrected chi connectivity index (χ0v) is 8.70. The van der Waals surface area contributed by atoms with E-state index in [-0.39, 0.29) is 5.69 Å². The summed E-state index contributed by atoms with van der Waals surface area (Å²) in [5, 5.41) is 24.8. The molecule has 16 heavy (non-hydrogen) atoms. The molecule has 0 saturated heterocycles. The summed E-state index contributed by atoms with van der Waals surface area (Å²) in [5.41, 5.74) is 0.690. The van der Waals surface area contributed by atoms with Gasteiger partial charge in [-0.3, -0.25) is 14.8 Å². The van der Waals surface area contributed by atoms with Crippen LogP contribution < -0.4 is 0 Å². The fourth-order valence-corrected chi connectivity index (χ4v) is 1.57. The Kier molecular flexibility index (Phi) is 2.57. The first-order chi connectivity index (χ1) is 7.58. The summed E-state index contributed by atoms with van der Waals surface area (Å²) >= 11 is 0. The molecule has 1 heterocycles. The third-order valence-electron chi connectivity index (χ3n) is 2.28. The molecule has 1 aromatic heterocycles. The second-order valence-corrected chi connectivity index (χ2v) is 3.68. The van der Waals surface area contributed by atoms with Crippen molar-refractivity contribution in [3.8, 4) is 0 Å². The SMILES string of the molecule is C[C@H](O)Cn1ncc2ccc([N+](=O)[O-])cc21. The number of fused-ring (bicyclic) bond motifs is 1. The molecular weight excluding hydrogens is 210 g/mol. The largest absolute Gasteiger partial charge is 0.391 e. The van der Waals surface area contributed by atoms with Crippen molar-refractivity contribution >= 4 is 16.6 Å². The van der Waals surface area contributed by atoms with Gasteiger partial charge in [-0.15, -0.1) is 0 Å². The molecule has 0 bridgehead atoms. The van der Waals surface area contributed by atoms with E-state index < -0.39 is 11.0 Å². The Morgan fingerprint density at radius 2 is 2.38 bits per heavy atom. The first-order valence-electron chi connectivity index (χ1n) is 4.86. The van der Waals surface area contributed by atoms with Gasteiger partial charge in [0.2, 0.25) is 0 Å². The molecule has 0 radical (unpaired) electrons. The number of nitrogens with zero attached hydrogens (tertiary/aromatic N) is 3. The topological polar surface area (TPSA) is 81.2 Å². The van der Waals surface area contributed by atoms with Gasteiger partial charge in [0.15, 0.2) is 0 Å². The average Bonchev–Trinajstić information content (AvgIpc) is 2.60. The molecule has 0 spiro atoms. The Balaban J connectivity index is 2.51. The maximum atomic E-state index is 10.6. The lowest BCUT2D eigenvalue weighted by molar-refractivity contribution is -0.384. The summed E-state index contributed by atoms with van der Waals surface area (Å²) in [7, 11) is 0. The molecule has 2 rings (SSSR count). The molecule has 1 N–H and O–H groups in total. The Bertz CT molecular complexity index is 533. The van der Waals surface area contributed by atoms with E-state index in [1.165, 1.54) is 12.1 Å². The Hall–Kier alpha value is -1.95. The molecule has 0 aliphatic heterocycles. The number of aliphatic hydroxyl groups excluding tert-OH is 1. The van der Waals surface area contributed by atoms with Crippen LogP contribution in [0, 0.1) is 10.1 Å². The van der Waals surface area contributed by atoms with Gasteiger partial charge in [0.1, 0.15) is 0 Å². The lowest BCUT2D eigenvalue weighted by Crippen LogP contribution is -2.12. The fourth-order valence-electron chi connectivity index (χ4n) is 1.57. The van der Waals surface area contributed by atoms with Crippen LogP contribution in [0.25, 0.3) is 10.9 Å². The van der Waals surface area contributed by atoms with Crippen molar-refractivity contribution in [2.24, 2.45) is 0 Å². The minimum Gasteiger partial charge on any atom is -0.391 e. The number of aromatic nitrogens is 2. The predicted molar refractivity (Wildman–Crippen MR) is 58.1 cm³/mol. The van der Waals surface area contributed by atoms with Crippen molar-refractivity contribution in [3.05, 3.63) is 34.5 Å². The Morgan fingerprint density at radius 3 is 3.00 bits per heavy atom. The van der Waals surface area contributed by atoms with Crippen LogP contribution in [0.3, 0.4) is 0 Å². The maximum Gasteiger partial charge on any atom is 0.271 e. The van der Waals surface area contributed by atoms with Crippen LogP contribution in [0.1, 0.15) is 6.92 Å². The average molecular weight is 221 g/mol. The highest BCUT2D eigenvalue weighted by Gasteiger charge is 2.10. The number of rotatable bonds is 3. The molecule has 0 saturated carbocycles. The normalized spacial score (nSPS) is 12.9. The minimum absolute atomic E-state index is 0.0276. The van der Waals surface area contributed by atoms with E-state index in [4.69, 9.17) is 0 Å². The van der Waals surface area contributed by atoms with Crippen molar-refractivity contribution in [1.29, 1.82) is 0 Å². The minimum atomic E-state index is -0.539. The summed E-state index contributed by atoms with van der Waals surface area (Å²) in [6.07, 6.45) is 1.09. The van der Waals surface area contributed by atoms with Gasteiger partial charge >= 0.3 is 0 Å². The first kappa shape index (κ1) is 10.6. The van der Waals surface area contributed by atoms with Crippen LogP contribution in [-0.4, -0.2) is 25.9 Å². The number of aliphatic hydroxyl groups is 1. The highest BCUT2D eigenvalue weighted by atomic mass is 16.6. The van der Waals surface area contributed by atoms with E-state index in [9.17, 15) is 15.2 Å². The van der Waals surface area contributed by atoms with Crippen molar-refractivity contribution in [1.82, 2.24) is 9.78 Å². The number of non-ortho nitro benzene ring substituents is 1. The second-order valence-electron chi connectivity index (χ2n) is 3.68. The quantitative estimate of drug-likeness (QED) is 0.626. The number of hydrogen-bond acceptors (Lipinski definition) is 4. The monoisotopic (exact) mass is 221 g/mol. The third-order valence-corrected chi connectivity index (χ3v) is 2.28.